The molecular formula is C23H32N4O5. The molecule has 0 aliphatic carbocycles. The van der Waals surface area contributed by atoms with Gasteiger partial charge in [-0.25, -0.2) is 0 Å². The first-order valence-corrected chi connectivity index (χ1v) is 11.2. The van der Waals surface area contributed by atoms with E-state index in [1.54, 1.807) is 31.4 Å². The van der Waals surface area contributed by atoms with E-state index in [0.29, 0.717) is 24.2 Å². The van der Waals surface area contributed by atoms with Crippen LogP contribution in [0.5, 0.6) is 5.75 Å². The summed E-state index contributed by atoms with van der Waals surface area (Å²) in [6, 6.07) is 8.89. The Hall–Kier alpha value is -2.46. The number of nitrogens with zero attached hydrogens (tertiary/aromatic N) is 2. The van der Waals surface area contributed by atoms with Gasteiger partial charge in [0, 0.05) is 50.8 Å². The average Bonchev–Trinajstić information content (AvgIpc) is 3.26. The van der Waals surface area contributed by atoms with E-state index in [1.807, 2.05) is 6.07 Å². The summed E-state index contributed by atoms with van der Waals surface area (Å²) >= 11 is 0. The van der Waals surface area contributed by atoms with Crippen LogP contribution in [0.2, 0.25) is 0 Å². The van der Waals surface area contributed by atoms with Gasteiger partial charge >= 0.3 is 0 Å². The van der Waals surface area contributed by atoms with Crippen molar-refractivity contribution in [3.63, 3.8) is 0 Å². The number of methoxy groups -OCH3 is 1. The SMILES string of the molecule is COc1ccc(C(=O)NCC2OC(Cc3cc(CN4CCNCC4)on3)CCC2O)cc1. The van der Waals surface area contributed by atoms with Crippen LogP contribution < -0.4 is 15.4 Å². The molecule has 3 atom stereocenters. The number of carbonyl (C=O) groups excluding carboxylic acids is 1. The average molecular weight is 445 g/mol. The minimum Gasteiger partial charge on any atom is -0.497 e. The summed E-state index contributed by atoms with van der Waals surface area (Å²) < 4.78 is 16.7. The van der Waals surface area contributed by atoms with Gasteiger partial charge in [-0.3, -0.25) is 9.69 Å². The number of amides is 1. The van der Waals surface area contributed by atoms with Gasteiger partial charge in [0.05, 0.1) is 31.6 Å². The number of hydrogen-bond donors (Lipinski definition) is 3. The Morgan fingerprint density at radius 1 is 1.28 bits per heavy atom. The van der Waals surface area contributed by atoms with Gasteiger partial charge < -0.3 is 29.7 Å². The van der Waals surface area contributed by atoms with E-state index >= 15 is 0 Å². The van der Waals surface area contributed by atoms with Crippen LogP contribution in [0, 0.1) is 0 Å². The summed E-state index contributed by atoms with van der Waals surface area (Å²) in [5.41, 5.74) is 1.39. The lowest BCUT2D eigenvalue weighted by molar-refractivity contribution is -0.114. The third-order valence-electron chi connectivity index (χ3n) is 6.03. The molecule has 3 N–H and O–H groups in total. The quantitative estimate of drug-likeness (QED) is 0.553. The van der Waals surface area contributed by atoms with E-state index in [9.17, 15) is 9.90 Å². The highest BCUT2D eigenvalue weighted by molar-refractivity contribution is 5.94. The highest BCUT2D eigenvalue weighted by Crippen LogP contribution is 2.23. The monoisotopic (exact) mass is 444 g/mol. The number of hydrogen-bond acceptors (Lipinski definition) is 8. The summed E-state index contributed by atoms with van der Waals surface area (Å²) in [4.78, 5) is 14.8. The van der Waals surface area contributed by atoms with Gasteiger partial charge in [0.2, 0.25) is 0 Å². The van der Waals surface area contributed by atoms with E-state index in [0.717, 1.165) is 50.6 Å². The maximum Gasteiger partial charge on any atom is 0.251 e. The molecule has 9 heteroatoms. The summed E-state index contributed by atoms with van der Waals surface area (Å²) in [6.07, 6.45) is 0.855. The molecule has 32 heavy (non-hydrogen) atoms. The second-order valence-corrected chi connectivity index (χ2v) is 8.39. The number of carbonyl (C=O) groups is 1. The Bertz CT molecular complexity index is 866. The van der Waals surface area contributed by atoms with Crippen LogP contribution in [0.3, 0.4) is 0 Å². The molecule has 0 bridgehead atoms. The van der Waals surface area contributed by atoms with Gasteiger partial charge in [0.1, 0.15) is 11.9 Å². The zero-order valence-corrected chi connectivity index (χ0v) is 18.5. The third-order valence-corrected chi connectivity index (χ3v) is 6.03. The van der Waals surface area contributed by atoms with E-state index < -0.39 is 12.2 Å². The molecule has 0 spiro atoms. The van der Waals surface area contributed by atoms with Crippen LogP contribution in [-0.2, 0) is 17.7 Å². The normalized spacial score (nSPS) is 24.2. The number of aromatic nitrogens is 1. The summed E-state index contributed by atoms with van der Waals surface area (Å²) in [6.45, 7) is 5.01. The molecule has 1 aromatic carbocycles. The number of aliphatic hydroxyl groups excluding tert-OH is 1. The highest BCUT2D eigenvalue weighted by atomic mass is 16.5. The smallest absolute Gasteiger partial charge is 0.251 e. The van der Waals surface area contributed by atoms with Crippen molar-refractivity contribution in [1.82, 2.24) is 20.7 Å². The fourth-order valence-electron chi connectivity index (χ4n) is 4.17. The predicted octanol–water partition coefficient (Wildman–Crippen LogP) is 0.969. The molecule has 174 valence electrons. The second-order valence-electron chi connectivity index (χ2n) is 8.39. The van der Waals surface area contributed by atoms with E-state index in [2.05, 4.69) is 20.7 Å². The van der Waals surface area contributed by atoms with Crippen LogP contribution >= 0.6 is 0 Å². The molecule has 4 rings (SSSR count). The first-order valence-electron chi connectivity index (χ1n) is 11.2. The van der Waals surface area contributed by atoms with Crippen molar-refractivity contribution in [3.05, 3.63) is 47.3 Å². The molecule has 1 amide bonds. The van der Waals surface area contributed by atoms with Crippen molar-refractivity contribution in [2.24, 2.45) is 0 Å². The van der Waals surface area contributed by atoms with Crippen molar-refractivity contribution in [1.29, 1.82) is 0 Å². The predicted molar refractivity (Wildman–Crippen MR) is 118 cm³/mol. The Balaban J connectivity index is 1.26. The summed E-state index contributed by atoms with van der Waals surface area (Å²) in [7, 11) is 1.58. The molecule has 2 saturated heterocycles. The zero-order chi connectivity index (χ0) is 22.3. The van der Waals surface area contributed by atoms with E-state index in [4.69, 9.17) is 14.0 Å². The molecule has 3 unspecified atom stereocenters. The number of ether oxygens (including phenoxy) is 2. The largest absolute Gasteiger partial charge is 0.497 e. The van der Waals surface area contributed by atoms with Crippen LogP contribution in [0.15, 0.2) is 34.9 Å². The maximum absolute atomic E-state index is 12.4. The number of nitrogens with one attached hydrogen (secondary N) is 2. The number of aliphatic hydroxyl groups is 1. The first kappa shape index (κ1) is 22.7. The summed E-state index contributed by atoms with van der Waals surface area (Å²) in [5, 5.41) is 20.8. The van der Waals surface area contributed by atoms with Crippen LogP contribution in [0.25, 0.3) is 0 Å². The van der Waals surface area contributed by atoms with Gasteiger partial charge in [0.25, 0.3) is 5.91 Å². The lowest BCUT2D eigenvalue weighted by Crippen LogP contribution is -2.46. The minimum atomic E-state index is -0.608. The van der Waals surface area contributed by atoms with Gasteiger partial charge in [-0.15, -0.1) is 0 Å². The van der Waals surface area contributed by atoms with E-state index in [-0.39, 0.29) is 18.6 Å². The molecule has 1 aromatic heterocycles. The Morgan fingerprint density at radius 2 is 2.06 bits per heavy atom. The first-order chi connectivity index (χ1) is 15.6. The second kappa shape index (κ2) is 10.9. The van der Waals surface area contributed by atoms with Gasteiger partial charge in [0.15, 0.2) is 5.76 Å². The van der Waals surface area contributed by atoms with Crippen LogP contribution in [0.4, 0.5) is 0 Å². The Kier molecular flexibility index (Phi) is 7.75. The van der Waals surface area contributed by atoms with Gasteiger partial charge in [-0.05, 0) is 37.1 Å². The Labute approximate surface area is 188 Å². The van der Waals surface area contributed by atoms with Crippen molar-refractivity contribution >= 4 is 5.91 Å². The fourth-order valence-corrected chi connectivity index (χ4v) is 4.17. The molecule has 0 saturated carbocycles. The lowest BCUT2D eigenvalue weighted by Gasteiger charge is -2.33. The van der Waals surface area contributed by atoms with Crippen molar-refractivity contribution in [2.45, 2.75) is 44.1 Å². The third kappa shape index (κ3) is 6.07. The summed E-state index contributed by atoms with van der Waals surface area (Å²) in [5.74, 6) is 1.35. The fraction of sp³-hybridized carbons (Fsp3) is 0.565. The molecule has 0 radical (unpaired) electrons. The van der Waals surface area contributed by atoms with Crippen LogP contribution in [-0.4, -0.2) is 79.2 Å². The number of benzene rings is 1. The molecule has 9 nitrogen and oxygen atoms in total. The van der Waals surface area contributed by atoms with Crippen molar-refractivity contribution < 1.29 is 23.9 Å². The molecule has 3 heterocycles. The standard InChI is InChI=1S/C23H32N4O5/c1-30-18-4-2-16(3-5-18)23(29)25-14-22-21(28)7-6-19(31-22)12-17-13-20(32-26-17)15-27-10-8-24-9-11-27/h2-5,13,19,21-22,24,28H,6-12,14-15H2,1H3,(H,25,29). The minimum absolute atomic E-state index is 0.0709. The highest BCUT2D eigenvalue weighted by Gasteiger charge is 2.31. The van der Waals surface area contributed by atoms with Crippen molar-refractivity contribution in [3.8, 4) is 5.75 Å². The molecule has 2 aromatic rings. The molecular weight excluding hydrogens is 412 g/mol. The molecule has 2 aliphatic rings. The Morgan fingerprint density at radius 3 is 2.81 bits per heavy atom. The zero-order valence-electron chi connectivity index (χ0n) is 18.5. The van der Waals surface area contributed by atoms with Gasteiger partial charge in [-0.2, -0.15) is 0 Å². The lowest BCUT2D eigenvalue weighted by atomic mass is 9.98. The van der Waals surface area contributed by atoms with Crippen molar-refractivity contribution in [2.75, 3.05) is 39.8 Å². The maximum atomic E-state index is 12.4. The number of piperazine rings is 1. The number of rotatable bonds is 8. The van der Waals surface area contributed by atoms with Crippen LogP contribution in [0.1, 0.15) is 34.7 Å². The topological polar surface area (TPSA) is 109 Å². The van der Waals surface area contributed by atoms with E-state index in [1.165, 1.54) is 0 Å². The van der Waals surface area contributed by atoms with Gasteiger partial charge in [-0.1, -0.05) is 5.16 Å². The molecule has 2 aliphatic heterocycles. The molecule has 2 fully saturated rings.